The zero-order valence-corrected chi connectivity index (χ0v) is 22.8. The second-order valence-electron chi connectivity index (χ2n) is 11.0. The summed E-state index contributed by atoms with van der Waals surface area (Å²) in [6.45, 7) is 6.09. The number of rotatable bonds is 10. The number of nitrogens with two attached hydrogens (primary N) is 1. The van der Waals surface area contributed by atoms with Gasteiger partial charge in [0.1, 0.15) is 0 Å². The number of anilines is 2. The zero-order chi connectivity index (χ0) is 27.2. The van der Waals surface area contributed by atoms with E-state index in [1.54, 1.807) is 24.5 Å². The first-order valence-electron chi connectivity index (χ1n) is 14.2. The molecule has 0 atom stereocenters. The monoisotopic (exact) mass is 525 g/mol. The highest BCUT2D eigenvalue weighted by atomic mass is 16.2. The van der Waals surface area contributed by atoms with Gasteiger partial charge in [-0.3, -0.25) is 14.6 Å². The molecule has 2 amide bonds. The summed E-state index contributed by atoms with van der Waals surface area (Å²) in [6, 6.07) is 18.2. The molecule has 0 unspecified atom stereocenters. The van der Waals surface area contributed by atoms with Crippen LogP contribution in [0.3, 0.4) is 0 Å². The van der Waals surface area contributed by atoms with Crippen LogP contribution < -0.4 is 16.0 Å². The third-order valence-corrected chi connectivity index (χ3v) is 7.82. The number of aromatic nitrogens is 1. The van der Waals surface area contributed by atoms with Crippen molar-refractivity contribution in [3.63, 3.8) is 0 Å². The van der Waals surface area contributed by atoms with Crippen molar-refractivity contribution in [3.05, 3.63) is 78.1 Å². The van der Waals surface area contributed by atoms with Crippen LogP contribution in [0.1, 0.15) is 54.9 Å². The third-order valence-electron chi connectivity index (χ3n) is 7.82. The Hall–Kier alpha value is -3.71. The van der Waals surface area contributed by atoms with Crippen molar-refractivity contribution in [1.29, 1.82) is 0 Å². The van der Waals surface area contributed by atoms with Gasteiger partial charge in [-0.1, -0.05) is 31.2 Å². The van der Waals surface area contributed by atoms with Crippen molar-refractivity contribution < 1.29 is 9.59 Å². The molecule has 1 aliphatic heterocycles. The van der Waals surface area contributed by atoms with E-state index >= 15 is 0 Å². The molecule has 2 aromatic carbocycles. The number of nitrogens with one attached hydrogen (secondary N) is 1. The van der Waals surface area contributed by atoms with Crippen molar-refractivity contribution in [3.8, 4) is 11.1 Å². The van der Waals surface area contributed by atoms with Gasteiger partial charge in [-0.05, 0) is 91.6 Å². The topological polar surface area (TPSA) is 91.6 Å². The van der Waals surface area contributed by atoms with Crippen LogP contribution >= 0.6 is 0 Å². The maximum atomic E-state index is 13.1. The number of amides is 2. The molecule has 2 aliphatic rings. The third kappa shape index (κ3) is 6.84. The predicted molar refractivity (Wildman–Crippen MR) is 156 cm³/mol. The van der Waals surface area contributed by atoms with Crippen molar-refractivity contribution in [2.75, 3.05) is 36.4 Å². The lowest BCUT2D eigenvalue weighted by Gasteiger charge is -2.33. The molecule has 3 aromatic rings. The van der Waals surface area contributed by atoms with Gasteiger partial charge in [0, 0.05) is 50.1 Å². The molecule has 1 saturated heterocycles. The van der Waals surface area contributed by atoms with Gasteiger partial charge in [0.25, 0.3) is 5.91 Å². The highest BCUT2D eigenvalue weighted by Gasteiger charge is 2.33. The van der Waals surface area contributed by atoms with Gasteiger partial charge in [0.2, 0.25) is 5.91 Å². The van der Waals surface area contributed by atoms with Gasteiger partial charge in [-0.2, -0.15) is 0 Å². The molecular weight excluding hydrogens is 486 g/mol. The Morgan fingerprint density at radius 2 is 1.74 bits per heavy atom. The minimum Gasteiger partial charge on any atom is -0.370 e. The Bertz CT molecular complexity index is 1280. The molecule has 0 radical (unpaired) electrons. The number of pyridine rings is 1. The minimum atomic E-state index is -0.149. The molecule has 2 fully saturated rings. The Labute approximate surface area is 231 Å². The molecule has 204 valence electrons. The van der Waals surface area contributed by atoms with E-state index in [2.05, 4.69) is 58.5 Å². The molecular formula is C32H39N5O2. The van der Waals surface area contributed by atoms with Gasteiger partial charge >= 0.3 is 0 Å². The van der Waals surface area contributed by atoms with E-state index in [9.17, 15) is 9.59 Å². The summed E-state index contributed by atoms with van der Waals surface area (Å²) in [6.07, 6.45) is 8.34. The van der Waals surface area contributed by atoms with Gasteiger partial charge in [0.05, 0.1) is 11.4 Å². The van der Waals surface area contributed by atoms with Crippen LogP contribution in [-0.4, -0.2) is 47.9 Å². The quantitative estimate of drug-likeness (QED) is 0.374. The van der Waals surface area contributed by atoms with Crippen LogP contribution in [0.4, 0.5) is 11.4 Å². The van der Waals surface area contributed by atoms with Crippen molar-refractivity contribution in [1.82, 2.24) is 9.88 Å². The second kappa shape index (κ2) is 12.4. The lowest BCUT2D eigenvalue weighted by Crippen LogP contribution is -2.33. The van der Waals surface area contributed by atoms with E-state index in [1.165, 1.54) is 0 Å². The molecule has 1 saturated carbocycles. The fraction of sp³-hybridized carbons (Fsp3) is 0.406. The zero-order valence-electron chi connectivity index (χ0n) is 22.8. The highest BCUT2D eigenvalue weighted by molar-refractivity contribution is 6.06. The first-order chi connectivity index (χ1) is 19.0. The van der Waals surface area contributed by atoms with Gasteiger partial charge in [-0.15, -0.1) is 0 Å². The first kappa shape index (κ1) is 26.9. The lowest BCUT2D eigenvalue weighted by atomic mass is 9.97. The molecule has 1 aromatic heterocycles. The Morgan fingerprint density at radius 3 is 2.46 bits per heavy atom. The Morgan fingerprint density at radius 1 is 1.00 bits per heavy atom. The largest absolute Gasteiger partial charge is 0.370 e. The maximum absolute atomic E-state index is 13.1. The average molecular weight is 526 g/mol. The normalized spacial score (nSPS) is 15.7. The molecule has 3 N–H and O–H groups in total. The van der Waals surface area contributed by atoms with Crippen LogP contribution in [0.25, 0.3) is 11.1 Å². The summed E-state index contributed by atoms with van der Waals surface area (Å²) in [7, 11) is 0. The molecule has 39 heavy (non-hydrogen) atoms. The fourth-order valence-electron chi connectivity index (χ4n) is 5.25. The smallest absolute Gasteiger partial charge is 0.255 e. The predicted octanol–water partition coefficient (Wildman–Crippen LogP) is 5.32. The number of hydrogen-bond donors (Lipinski definition) is 2. The summed E-state index contributed by atoms with van der Waals surface area (Å²) in [5.74, 6) is 0.997. The first-order valence-corrected chi connectivity index (χ1v) is 14.2. The summed E-state index contributed by atoms with van der Waals surface area (Å²) < 4.78 is 0. The van der Waals surface area contributed by atoms with Crippen LogP contribution in [-0.2, 0) is 11.3 Å². The van der Waals surface area contributed by atoms with Crippen molar-refractivity contribution in [2.24, 2.45) is 17.6 Å². The molecule has 0 spiro atoms. The molecule has 7 nitrogen and oxygen atoms in total. The van der Waals surface area contributed by atoms with E-state index in [4.69, 9.17) is 5.73 Å². The minimum absolute atomic E-state index is 0.149. The van der Waals surface area contributed by atoms with Crippen LogP contribution in [0.2, 0.25) is 0 Å². The fourth-order valence-corrected chi connectivity index (χ4v) is 5.25. The summed E-state index contributed by atoms with van der Waals surface area (Å²) >= 11 is 0. The molecule has 2 heterocycles. The average Bonchev–Trinajstić information content (AvgIpc) is 3.82. The molecule has 1 aliphatic carbocycles. The molecule has 5 rings (SSSR count). The molecule has 0 bridgehead atoms. The number of piperidine rings is 1. The number of benzene rings is 2. The van der Waals surface area contributed by atoms with Crippen LogP contribution in [0.15, 0.2) is 67.0 Å². The SMILES string of the molecule is CC1CCN(c2ccc(-c3cccc(CN(CCCN)C(=O)C4CC4)c3)cc2NC(=O)c2ccncc2)CC1. The Kier molecular flexibility index (Phi) is 8.57. The number of carbonyl (C=O) groups is 2. The van der Waals surface area contributed by atoms with Gasteiger partial charge in [0.15, 0.2) is 0 Å². The second-order valence-corrected chi connectivity index (χ2v) is 11.0. The van der Waals surface area contributed by atoms with Crippen molar-refractivity contribution in [2.45, 2.75) is 45.6 Å². The number of carbonyl (C=O) groups excluding carboxylic acids is 2. The highest BCUT2D eigenvalue weighted by Crippen LogP contribution is 2.35. The molecule has 7 heteroatoms. The summed E-state index contributed by atoms with van der Waals surface area (Å²) in [5.41, 5.74) is 11.4. The summed E-state index contributed by atoms with van der Waals surface area (Å²) in [5, 5.41) is 3.18. The van der Waals surface area contributed by atoms with Crippen molar-refractivity contribution >= 4 is 23.2 Å². The van der Waals surface area contributed by atoms with E-state index in [-0.39, 0.29) is 17.7 Å². The summed E-state index contributed by atoms with van der Waals surface area (Å²) in [4.78, 5) is 34.4. The van der Waals surface area contributed by atoms with E-state index in [1.807, 2.05) is 11.0 Å². The van der Waals surface area contributed by atoms with Crippen LogP contribution in [0, 0.1) is 11.8 Å². The number of nitrogens with zero attached hydrogens (tertiary/aromatic N) is 3. The van der Waals surface area contributed by atoms with E-state index < -0.39 is 0 Å². The van der Waals surface area contributed by atoms with Crippen LogP contribution in [0.5, 0.6) is 0 Å². The van der Waals surface area contributed by atoms with E-state index in [0.29, 0.717) is 31.1 Å². The standard InChI is InChI=1S/C32H39N5O2/c1-23-12-18-36(19-13-23)30-9-8-28(21-29(30)35-31(38)25-10-15-34-16-11-25)27-5-2-4-24(20-27)22-37(17-3-14-33)32(39)26-6-7-26/h2,4-5,8-11,15-16,20-21,23,26H,3,6-7,12-14,17-19,22,33H2,1H3,(H,35,38). The maximum Gasteiger partial charge on any atom is 0.255 e. The van der Waals surface area contributed by atoms with E-state index in [0.717, 1.165) is 73.3 Å². The lowest BCUT2D eigenvalue weighted by molar-refractivity contribution is -0.133. The Balaban J connectivity index is 1.42. The van der Waals surface area contributed by atoms with Gasteiger partial charge < -0.3 is 20.9 Å². The van der Waals surface area contributed by atoms with Gasteiger partial charge in [-0.25, -0.2) is 0 Å². The number of hydrogen-bond acceptors (Lipinski definition) is 5.